The third-order valence-corrected chi connectivity index (χ3v) is 5.81. The van der Waals surface area contributed by atoms with Gasteiger partial charge in [-0.25, -0.2) is 4.79 Å². The Morgan fingerprint density at radius 3 is 2.54 bits per heavy atom. The van der Waals surface area contributed by atoms with Crippen LogP contribution in [0.15, 0.2) is 79.1 Å². The van der Waals surface area contributed by atoms with Crippen LogP contribution in [-0.2, 0) is 16.1 Å². The fraction of sp³-hybridized carbons (Fsp3) is 0.179. The van der Waals surface area contributed by atoms with Crippen LogP contribution in [0.5, 0.6) is 5.75 Å². The molecule has 4 rings (SSSR count). The summed E-state index contributed by atoms with van der Waals surface area (Å²) >= 11 is 0. The van der Waals surface area contributed by atoms with Gasteiger partial charge in [0.05, 0.1) is 18.6 Å². The summed E-state index contributed by atoms with van der Waals surface area (Å²) in [4.78, 5) is 29.7. The average Bonchev–Trinajstić information content (AvgIpc) is 2.88. The molecule has 0 radical (unpaired) electrons. The smallest absolute Gasteiger partial charge is 0.338 e. The number of anilines is 1. The van der Waals surface area contributed by atoms with Crippen molar-refractivity contribution in [3.63, 3.8) is 0 Å². The van der Waals surface area contributed by atoms with Crippen molar-refractivity contribution in [2.75, 3.05) is 19.0 Å². The lowest BCUT2D eigenvalue weighted by molar-refractivity contribution is -0.117. The molecular formula is C28H27N3O4. The standard InChI is InChI=1S/C28H27N3O4/c1-18-3-5-19(6-4-18)28(33)35-17-23-13-21(8-10-26(23)34-2)25(15-29)27(32)31-24-9-7-22-16-30-12-11-20(22)14-24/h3-14,16,25H,15,17,29H2,1-2H3,(H,31,32). The topological polar surface area (TPSA) is 104 Å². The maximum atomic E-state index is 13.1. The van der Waals surface area contributed by atoms with Crippen molar-refractivity contribution in [2.45, 2.75) is 19.4 Å². The summed E-state index contributed by atoms with van der Waals surface area (Å²) in [5.41, 5.74) is 9.55. The molecule has 7 heteroatoms. The number of methoxy groups -OCH3 is 1. The minimum Gasteiger partial charge on any atom is -0.496 e. The van der Waals surface area contributed by atoms with E-state index in [0.717, 1.165) is 16.3 Å². The molecule has 0 saturated heterocycles. The molecule has 35 heavy (non-hydrogen) atoms. The van der Waals surface area contributed by atoms with Crippen LogP contribution in [0.25, 0.3) is 10.8 Å². The lowest BCUT2D eigenvalue weighted by Crippen LogP contribution is -2.27. The second kappa shape index (κ2) is 10.8. The minimum atomic E-state index is -0.597. The van der Waals surface area contributed by atoms with Gasteiger partial charge >= 0.3 is 5.97 Å². The van der Waals surface area contributed by atoms with Crippen molar-refractivity contribution in [3.05, 3.63) is 101 Å². The first-order valence-electron chi connectivity index (χ1n) is 11.2. The lowest BCUT2D eigenvalue weighted by Gasteiger charge is -2.18. The zero-order chi connectivity index (χ0) is 24.8. The van der Waals surface area contributed by atoms with E-state index < -0.39 is 11.9 Å². The van der Waals surface area contributed by atoms with E-state index in [2.05, 4.69) is 10.3 Å². The van der Waals surface area contributed by atoms with Gasteiger partial charge in [0.2, 0.25) is 5.91 Å². The van der Waals surface area contributed by atoms with E-state index >= 15 is 0 Å². The Morgan fingerprint density at radius 2 is 1.80 bits per heavy atom. The number of benzene rings is 3. The van der Waals surface area contributed by atoms with Crippen LogP contribution in [0.4, 0.5) is 5.69 Å². The molecule has 3 aromatic carbocycles. The highest BCUT2D eigenvalue weighted by atomic mass is 16.5. The first-order chi connectivity index (χ1) is 17.0. The van der Waals surface area contributed by atoms with Crippen molar-refractivity contribution in [1.29, 1.82) is 0 Å². The fourth-order valence-electron chi connectivity index (χ4n) is 3.83. The molecule has 178 valence electrons. The van der Waals surface area contributed by atoms with E-state index in [-0.39, 0.29) is 19.1 Å². The molecule has 1 heterocycles. The number of nitrogens with zero attached hydrogens (tertiary/aromatic N) is 1. The number of carbonyl (C=O) groups is 2. The number of aromatic nitrogens is 1. The van der Waals surface area contributed by atoms with Gasteiger partial charge in [-0.05, 0) is 60.3 Å². The number of ether oxygens (including phenoxy) is 2. The predicted molar refractivity (Wildman–Crippen MR) is 135 cm³/mol. The maximum absolute atomic E-state index is 13.1. The highest BCUT2D eigenvalue weighted by molar-refractivity contribution is 5.98. The van der Waals surface area contributed by atoms with E-state index in [4.69, 9.17) is 15.2 Å². The van der Waals surface area contributed by atoms with Crippen molar-refractivity contribution >= 4 is 28.3 Å². The van der Waals surface area contributed by atoms with Crippen molar-refractivity contribution in [3.8, 4) is 5.75 Å². The zero-order valence-corrected chi connectivity index (χ0v) is 19.7. The van der Waals surface area contributed by atoms with Gasteiger partial charge in [-0.2, -0.15) is 0 Å². The van der Waals surface area contributed by atoms with E-state index in [9.17, 15) is 9.59 Å². The molecule has 1 unspecified atom stereocenters. The van der Waals surface area contributed by atoms with E-state index in [0.29, 0.717) is 28.1 Å². The number of rotatable bonds is 8. The maximum Gasteiger partial charge on any atom is 0.338 e. The molecule has 0 saturated carbocycles. The monoisotopic (exact) mass is 469 g/mol. The van der Waals surface area contributed by atoms with Crippen LogP contribution in [-0.4, -0.2) is 30.5 Å². The summed E-state index contributed by atoms with van der Waals surface area (Å²) < 4.78 is 10.9. The normalized spacial score (nSPS) is 11.6. The second-order valence-electron chi connectivity index (χ2n) is 8.23. The Morgan fingerprint density at radius 1 is 1.00 bits per heavy atom. The molecule has 0 fully saturated rings. The first kappa shape index (κ1) is 23.9. The molecular weight excluding hydrogens is 442 g/mol. The third kappa shape index (κ3) is 5.65. The van der Waals surface area contributed by atoms with Gasteiger partial charge in [-0.3, -0.25) is 9.78 Å². The average molecular weight is 470 g/mol. The quantitative estimate of drug-likeness (QED) is 0.366. The van der Waals surface area contributed by atoms with Gasteiger partial charge in [-0.15, -0.1) is 0 Å². The lowest BCUT2D eigenvalue weighted by atomic mass is 9.96. The molecule has 1 atom stereocenters. The summed E-state index contributed by atoms with van der Waals surface area (Å²) in [6, 6.07) is 20.0. The molecule has 4 aromatic rings. The minimum absolute atomic E-state index is 0.00133. The summed E-state index contributed by atoms with van der Waals surface area (Å²) in [5.74, 6) is -0.698. The van der Waals surface area contributed by atoms with E-state index in [1.54, 1.807) is 49.8 Å². The van der Waals surface area contributed by atoms with Crippen LogP contribution in [0, 0.1) is 6.92 Å². The Balaban J connectivity index is 1.50. The fourth-order valence-corrected chi connectivity index (χ4v) is 3.83. The molecule has 0 aliphatic carbocycles. The van der Waals surface area contributed by atoms with Crippen LogP contribution in [0.2, 0.25) is 0 Å². The van der Waals surface area contributed by atoms with E-state index in [1.807, 2.05) is 43.3 Å². The van der Waals surface area contributed by atoms with Crippen LogP contribution >= 0.6 is 0 Å². The van der Waals surface area contributed by atoms with Crippen LogP contribution in [0.1, 0.15) is 33.0 Å². The molecule has 1 amide bonds. The highest BCUT2D eigenvalue weighted by Gasteiger charge is 2.21. The Bertz CT molecular complexity index is 1350. The Labute approximate surface area is 203 Å². The molecule has 7 nitrogen and oxygen atoms in total. The number of nitrogens with two attached hydrogens (primary N) is 1. The van der Waals surface area contributed by atoms with Gasteiger partial charge in [-0.1, -0.05) is 29.8 Å². The zero-order valence-electron chi connectivity index (χ0n) is 19.7. The van der Waals surface area contributed by atoms with Crippen LogP contribution in [0.3, 0.4) is 0 Å². The third-order valence-electron chi connectivity index (χ3n) is 5.81. The molecule has 0 spiro atoms. The van der Waals surface area contributed by atoms with Crippen molar-refractivity contribution in [2.24, 2.45) is 5.73 Å². The Kier molecular flexibility index (Phi) is 7.38. The second-order valence-corrected chi connectivity index (χ2v) is 8.23. The first-order valence-corrected chi connectivity index (χ1v) is 11.2. The number of pyridine rings is 1. The van der Waals surface area contributed by atoms with Crippen molar-refractivity contribution in [1.82, 2.24) is 4.98 Å². The van der Waals surface area contributed by atoms with Gasteiger partial charge in [0, 0.05) is 35.6 Å². The number of esters is 1. The number of aryl methyl sites for hydroxylation is 1. The molecule has 3 N–H and O–H groups in total. The van der Waals surface area contributed by atoms with Crippen LogP contribution < -0.4 is 15.8 Å². The number of hydrogen-bond donors (Lipinski definition) is 2. The van der Waals surface area contributed by atoms with Gasteiger partial charge < -0.3 is 20.5 Å². The van der Waals surface area contributed by atoms with E-state index in [1.165, 1.54) is 0 Å². The summed E-state index contributed by atoms with van der Waals surface area (Å²) in [7, 11) is 1.54. The number of fused-ring (bicyclic) bond motifs is 1. The summed E-state index contributed by atoms with van der Waals surface area (Å²) in [5, 5.41) is 4.91. The predicted octanol–water partition coefficient (Wildman–Crippen LogP) is 4.59. The highest BCUT2D eigenvalue weighted by Crippen LogP contribution is 2.27. The van der Waals surface area contributed by atoms with Gasteiger partial charge in [0.25, 0.3) is 0 Å². The molecule has 0 bridgehead atoms. The molecule has 0 aliphatic rings. The SMILES string of the molecule is COc1ccc(C(CN)C(=O)Nc2ccc3cnccc3c2)cc1COC(=O)c1ccc(C)cc1. The summed E-state index contributed by atoms with van der Waals surface area (Å²) in [6.45, 7) is 2.06. The van der Waals surface area contributed by atoms with Gasteiger partial charge in [0.15, 0.2) is 0 Å². The molecule has 1 aromatic heterocycles. The molecule has 0 aliphatic heterocycles. The van der Waals surface area contributed by atoms with Gasteiger partial charge in [0.1, 0.15) is 12.4 Å². The Hall–Kier alpha value is -4.23. The number of nitrogens with one attached hydrogen (secondary N) is 1. The summed E-state index contributed by atoms with van der Waals surface area (Å²) in [6.07, 6.45) is 3.48. The van der Waals surface area contributed by atoms with Crippen molar-refractivity contribution < 1.29 is 19.1 Å². The number of carbonyl (C=O) groups excluding carboxylic acids is 2. The number of hydrogen-bond acceptors (Lipinski definition) is 6. The largest absolute Gasteiger partial charge is 0.496 e. The number of amides is 1.